The SMILES string of the molecule is CC1CCN(c2ncnc3c2cnn3-c2cccc(Cl)c2Cl)CC1. The Morgan fingerprint density at radius 3 is 2.71 bits per heavy atom. The molecule has 5 nitrogen and oxygen atoms in total. The van der Waals surface area contributed by atoms with Gasteiger partial charge in [-0.25, -0.2) is 14.6 Å². The van der Waals surface area contributed by atoms with Gasteiger partial charge in [-0.15, -0.1) is 0 Å². The van der Waals surface area contributed by atoms with Crippen LogP contribution in [-0.2, 0) is 0 Å². The van der Waals surface area contributed by atoms with Crippen molar-refractivity contribution in [2.75, 3.05) is 18.0 Å². The summed E-state index contributed by atoms with van der Waals surface area (Å²) in [6.07, 6.45) is 5.76. The summed E-state index contributed by atoms with van der Waals surface area (Å²) >= 11 is 12.5. The lowest BCUT2D eigenvalue weighted by Crippen LogP contribution is -2.33. The van der Waals surface area contributed by atoms with Gasteiger partial charge in [-0.05, 0) is 30.9 Å². The Hall–Kier alpha value is -1.85. The number of benzene rings is 1. The summed E-state index contributed by atoms with van der Waals surface area (Å²) in [5.74, 6) is 1.71. The molecular formula is C17H17Cl2N5. The first-order chi connectivity index (χ1) is 11.6. The van der Waals surface area contributed by atoms with Crippen molar-refractivity contribution in [2.45, 2.75) is 19.8 Å². The second-order valence-electron chi connectivity index (χ2n) is 6.23. The number of hydrogen-bond acceptors (Lipinski definition) is 4. The van der Waals surface area contributed by atoms with Crippen LogP contribution in [0.25, 0.3) is 16.7 Å². The first-order valence-electron chi connectivity index (χ1n) is 8.03. The molecule has 0 spiro atoms. The Bertz CT molecular complexity index is 884. The molecule has 1 aliphatic rings. The molecule has 4 rings (SSSR count). The standard InChI is InChI=1S/C17H17Cl2N5/c1-11-5-7-23(8-6-11)16-12-9-22-24(17(12)21-10-20-16)14-4-2-3-13(18)15(14)19/h2-4,9-11H,5-8H2,1H3. The molecule has 0 aliphatic carbocycles. The molecule has 0 N–H and O–H groups in total. The van der Waals surface area contributed by atoms with Crippen LogP contribution < -0.4 is 4.90 Å². The molecule has 0 unspecified atom stereocenters. The summed E-state index contributed by atoms with van der Waals surface area (Å²) in [5.41, 5.74) is 1.46. The van der Waals surface area contributed by atoms with E-state index in [9.17, 15) is 0 Å². The molecule has 0 bridgehead atoms. The Morgan fingerprint density at radius 2 is 1.92 bits per heavy atom. The van der Waals surface area contributed by atoms with Gasteiger partial charge in [0.2, 0.25) is 0 Å². The number of anilines is 1. The van der Waals surface area contributed by atoms with Gasteiger partial charge in [0.15, 0.2) is 5.65 Å². The summed E-state index contributed by atoms with van der Waals surface area (Å²) in [7, 11) is 0. The van der Waals surface area contributed by atoms with Gasteiger partial charge in [0.1, 0.15) is 12.1 Å². The van der Waals surface area contributed by atoms with Gasteiger partial charge in [0.05, 0.1) is 27.3 Å². The van der Waals surface area contributed by atoms with Crippen molar-refractivity contribution in [1.29, 1.82) is 0 Å². The quantitative estimate of drug-likeness (QED) is 0.680. The van der Waals surface area contributed by atoms with E-state index in [2.05, 4.69) is 26.9 Å². The van der Waals surface area contributed by atoms with E-state index in [0.717, 1.165) is 41.5 Å². The van der Waals surface area contributed by atoms with Crippen LogP contribution >= 0.6 is 23.2 Å². The number of fused-ring (bicyclic) bond motifs is 1. The highest BCUT2D eigenvalue weighted by atomic mass is 35.5. The number of aromatic nitrogens is 4. The van der Waals surface area contributed by atoms with Crippen LogP contribution in [0.4, 0.5) is 5.82 Å². The van der Waals surface area contributed by atoms with Gasteiger partial charge in [0, 0.05) is 13.1 Å². The molecule has 1 aromatic carbocycles. The van der Waals surface area contributed by atoms with Crippen LogP contribution in [0.5, 0.6) is 0 Å². The average molecular weight is 362 g/mol. The van der Waals surface area contributed by atoms with Crippen LogP contribution in [0, 0.1) is 5.92 Å². The minimum atomic E-state index is 0.469. The van der Waals surface area contributed by atoms with Gasteiger partial charge >= 0.3 is 0 Å². The number of piperidine rings is 1. The van der Waals surface area contributed by atoms with E-state index < -0.39 is 0 Å². The Morgan fingerprint density at radius 1 is 1.12 bits per heavy atom. The van der Waals surface area contributed by atoms with Crippen LogP contribution in [0.1, 0.15) is 19.8 Å². The molecule has 24 heavy (non-hydrogen) atoms. The lowest BCUT2D eigenvalue weighted by molar-refractivity contribution is 0.437. The van der Waals surface area contributed by atoms with Crippen LogP contribution in [-0.4, -0.2) is 32.8 Å². The highest BCUT2D eigenvalue weighted by Crippen LogP contribution is 2.32. The van der Waals surface area contributed by atoms with E-state index in [1.165, 1.54) is 12.8 Å². The van der Waals surface area contributed by atoms with E-state index in [0.29, 0.717) is 10.0 Å². The number of halogens is 2. The van der Waals surface area contributed by atoms with Gasteiger partial charge < -0.3 is 4.90 Å². The first-order valence-corrected chi connectivity index (χ1v) is 8.79. The highest BCUT2D eigenvalue weighted by Gasteiger charge is 2.21. The van der Waals surface area contributed by atoms with E-state index in [1.54, 1.807) is 23.3 Å². The fraction of sp³-hybridized carbons (Fsp3) is 0.353. The zero-order valence-electron chi connectivity index (χ0n) is 13.3. The van der Waals surface area contributed by atoms with Gasteiger partial charge in [0.25, 0.3) is 0 Å². The fourth-order valence-corrected chi connectivity index (χ4v) is 3.51. The Labute approximate surface area is 150 Å². The van der Waals surface area contributed by atoms with Crippen molar-refractivity contribution >= 4 is 40.1 Å². The van der Waals surface area contributed by atoms with Crippen LogP contribution in [0.15, 0.2) is 30.7 Å². The molecule has 124 valence electrons. The minimum absolute atomic E-state index is 0.469. The van der Waals surface area contributed by atoms with Crippen LogP contribution in [0.2, 0.25) is 10.0 Å². The van der Waals surface area contributed by atoms with Crippen molar-refractivity contribution in [1.82, 2.24) is 19.7 Å². The lowest BCUT2D eigenvalue weighted by atomic mass is 9.99. The molecule has 1 saturated heterocycles. The monoisotopic (exact) mass is 361 g/mol. The zero-order valence-corrected chi connectivity index (χ0v) is 14.8. The summed E-state index contributed by atoms with van der Waals surface area (Å²) in [5, 5.41) is 6.38. The molecule has 0 saturated carbocycles. The summed E-state index contributed by atoms with van der Waals surface area (Å²) in [6.45, 7) is 4.32. The van der Waals surface area contributed by atoms with E-state index >= 15 is 0 Å². The first kappa shape index (κ1) is 15.7. The van der Waals surface area contributed by atoms with Crippen molar-refractivity contribution in [3.05, 3.63) is 40.8 Å². The molecule has 0 radical (unpaired) electrons. The second-order valence-corrected chi connectivity index (χ2v) is 7.02. The topological polar surface area (TPSA) is 46.8 Å². The third-order valence-electron chi connectivity index (χ3n) is 4.59. The van der Waals surface area contributed by atoms with E-state index in [-0.39, 0.29) is 0 Å². The smallest absolute Gasteiger partial charge is 0.168 e. The normalized spacial score (nSPS) is 16.0. The minimum Gasteiger partial charge on any atom is -0.356 e. The van der Waals surface area contributed by atoms with Crippen molar-refractivity contribution in [3.63, 3.8) is 0 Å². The Balaban J connectivity index is 1.81. The molecule has 0 amide bonds. The molecule has 7 heteroatoms. The maximum absolute atomic E-state index is 6.34. The molecule has 1 aliphatic heterocycles. The summed E-state index contributed by atoms with van der Waals surface area (Å²) in [4.78, 5) is 11.2. The fourth-order valence-electron chi connectivity index (χ4n) is 3.14. The zero-order chi connectivity index (χ0) is 16.7. The molecule has 2 aromatic heterocycles. The number of nitrogens with zero attached hydrogens (tertiary/aromatic N) is 5. The second kappa shape index (κ2) is 6.22. The number of rotatable bonds is 2. The summed E-state index contributed by atoms with van der Waals surface area (Å²) < 4.78 is 1.72. The summed E-state index contributed by atoms with van der Waals surface area (Å²) in [6, 6.07) is 5.49. The Kier molecular flexibility index (Phi) is 4.06. The lowest BCUT2D eigenvalue weighted by Gasteiger charge is -2.31. The predicted molar refractivity (Wildman–Crippen MR) is 97.3 cm³/mol. The molecule has 1 fully saturated rings. The van der Waals surface area contributed by atoms with E-state index in [1.807, 2.05) is 12.1 Å². The van der Waals surface area contributed by atoms with Gasteiger partial charge in [-0.2, -0.15) is 5.10 Å². The van der Waals surface area contributed by atoms with Crippen molar-refractivity contribution < 1.29 is 0 Å². The van der Waals surface area contributed by atoms with Crippen LogP contribution in [0.3, 0.4) is 0 Å². The van der Waals surface area contributed by atoms with Crippen molar-refractivity contribution in [3.8, 4) is 5.69 Å². The number of hydrogen-bond donors (Lipinski definition) is 0. The van der Waals surface area contributed by atoms with Crippen molar-refractivity contribution in [2.24, 2.45) is 5.92 Å². The van der Waals surface area contributed by atoms with E-state index in [4.69, 9.17) is 23.2 Å². The molecule has 0 atom stereocenters. The molecular weight excluding hydrogens is 345 g/mol. The maximum atomic E-state index is 6.34. The third kappa shape index (κ3) is 2.62. The maximum Gasteiger partial charge on any atom is 0.168 e. The predicted octanol–water partition coefficient (Wildman–Crippen LogP) is 4.36. The average Bonchev–Trinajstić information content (AvgIpc) is 3.02. The van der Waals surface area contributed by atoms with Gasteiger partial charge in [-0.1, -0.05) is 36.2 Å². The highest BCUT2D eigenvalue weighted by molar-refractivity contribution is 6.43. The third-order valence-corrected chi connectivity index (χ3v) is 5.40. The largest absolute Gasteiger partial charge is 0.356 e. The van der Waals surface area contributed by atoms with Gasteiger partial charge in [-0.3, -0.25) is 0 Å². The molecule has 3 heterocycles. The molecule has 3 aromatic rings.